The average molecular weight is 242 g/mol. The summed E-state index contributed by atoms with van der Waals surface area (Å²) in [4.78, 5) is 0. The van der Waals surface area contributed by atoms with E-state index in [0.717, 1.165) is 17.5 Å². The second-order valence-corrected chi connectivity index (χ2v) is 4.19. The first kappa shape index (κ1) is 12.4. The number of hydrogen-bond donors (Lipinski definition) is 1. The smallest absolute Gasteiger partial charge is 0.123 e. The van der Waals surface area contributed by atoms with Gasteiger partial charge in [0.1, 0.15) is 11.6 Å². The summed E-state index contributed by atoms with van der Waals surface area (Å²) in [6.07, 6.45) is 0.872. The van der Waals surface area contributed by atoms with Crippen LogP contribution in [0.5, 0.6) is 5.75 Å². The number of aryl methyl sites for hydroxylation is 1. The highest BCUT2D eigenvalue weighted by molar-refractivity contribution is 5.81. The van der Waals surface area contributed by atoms with Crippen molar-refractivity contribution in [2.45, 2.75) is 13.3 Å². The Morgan fingerprint density at radius 3 is 2.39 bits per heavy atom. The van der Waals surface area contributed by atoms with Gasteiger partial charge < -0.3 is 5.11 Å². The molecule has 2 aromatic rings. The Bertz CT molecular complexity index is 570. The van der Waals surface area contributed by atoms with E-state index in [1.165, 1.54) is 12.1 Å². The maximum atomic E-state index is 12.9. The summed E-state index contributed by atoms with van der Waals surface area (Å²) < 4.78 is 12.9. The Morgan fingerprint density at radius 1 is 1.17 bits per heavy atom. The van der Waals surface area contributed by atoms with Gasteiger partial charge >= 0.3 is 0 Å². The lowest BCUT2D eigenvalue weighted by Crippen LogP contribution is -1.89. The number of phenolic OH excluding ortho intramolecular Hbond substituents is 1. The number of phenols is 1. The van der Waals surface area contributed by atoms with Crippen molar-refractivity contribution in [2.24, 2.45) is 0 Å². The lowest BCUT2D eigenvalue weighted by atomic mass is 9.97. The Balaban J connectivity index is 2.37. The third-order valence-electron chi connectivity index (χ3n) is 2.99. The first-order valence-electron chi connectivity index (χ1n) is 5.89. The number of hydrogen-bond acceptors (Lipinski definition) is 1. The molecule has 0 aliphatic carbocycles. The van der Waals surface area contributed by atoms with Crippen molar-refractivity contribution in [3.63, 3.8) is 0 Å². The third kappa shape index (κ3) is 2.43. The molecule has 0 radical (unpaired) electrons. The molecule has 1 nitrogen and oxygen atoms in total. The highest BCUT2D eigenvalue weighted by Crippen LogP contribution is 2.30. The van der Waals surface area contributed by atoms with E-state index >= 15 is 0 Å². The van der Waals surface area contributed by atoms with Crippen LogP contribution < -0.4 is 0 Å². The topological polar surface area (TPSA) is 20.2 Å². The molecule has 2 aromatic carbocycles. The first-order chi connectivity index (χ1) is 8.61. The molecule has 1 N–H and O–H groups in total. The van der Waals surface area contributed by atoms with Crippen LogP contribution in [0.3, 0.4) is 0 Å². The van der Waals surface area contributed by atoms with Gasteiger partial charge in [-0.05, 0) is 41.3 Å². The fourth-order valence-electron chi connectivity index (χ4n) is 1.86. The van der Waals surface area contributed by atoms with Crippen LogP contribution in [0, 0.1) is 5.82 Å². The van der Waals surface area contributed by atoms with Gasteiger partial charge in [-0.2, -0.15) is 0 Å². The average Bonchev–Trinajstić information content (AvgIpc) is 2.38. The number of benzene rings is 2. The summed E-state index contributed by atoms with van der Waals surface area (Å²) in [5, 5.41) is 9.97. The fourth-order valence-corrected chi connectivity index (χ4v) is 1.86. The van der Waals surface area contributed by atoms with Crippen molar-refractivity contribution < 1.29 is 9.50 Å². The minimum absolute atomic E-state index is 0.212. The molecular formula is C16H15FO. The van der Waals surface area contributed by atoms with Crippen molar-refractivity contribution >= 4 is 5.57 Å². The summed E-state index contributed by atoms with van der Waals surface area (Å²) in [5.74, 6) is -0.0687. The molecule has 0 saturated heterocycles. The molecule has 18 heavy (non-hydrogen) atoms. The van der Waals surface area contributed by atoms with Crippen molar-refractivity contribution in [3.8, 4) is 5.75 Å². The number of halogens is 1. The van der Waals surface area contributed by atoms with Crippen molar-refractivity contribution in [1.82, 2.24) is 0 Å². The highest BCUT2D eigenvalue weighted by Gasteiger charge is 2.08. The minimum atomic E-state index is -0.280. The number of aromatic hydroxyl groups is 1. The van der Waals surface area contributed by atoms with Crippen LogP contribution in [0.15, 0.2) is 49.0 Å². The third-order valence-corrected chi connectivity index (χ3v) is 2.99. The van der Waals surface area contributed by atoms with Gasteiger partial charge in [0.2, 0.25) is 0 Å². The van der Waals surface area contributed by atoms with E-state index in [2.05, 4.69) is 6.58 Å². The zero-order valence-corrected chi connectivity index (χ0v) is 10.3. The highest BCUT2D eigenvalue weighted by atomic mass is 19.1. The molecule has 2 heteroatoms. The van der Waals surface area contributed by atoms with E-state index in [1.54, 1.807) is 18.2 Å². The van der Waals surface area contributed by atoms with Gasteiger partial charge in [0.05, 0.1) is 0 Å². The Labute approximate surface area is 106 Å². The summed E-state index contributed by atoms with van der Waals surface area (Å²) in [6, 6.07) is 11.6. The van der Waals surface area contributed by atoms with Gasteiger partial charge in [-0.3, -0.25) is 0 Å². The van der Waals surface area contributed by atoms with Gasteiger partial charge in [-0.25, -0.2) is 4.39 Å². The normalized spacial score (nSPS) is 10.3. The van der Waals surface area contributed by atoms with Crippen LogP contribution in [0.1, 0.15) is 23.6 Å². The molecule has 0 heterocycles. The van der Waals surface area contributed by atoms with Crippen LogP contribution in [0.2, 0.25) is 0 Å². The van der Waals surface area contributed by atoms with E-state index in [9.17, 15) is 9.50 Å². The molecule has 0 amide bonds. The minimum Gasteiger partial charge on any atom is -0.507 e. The first-order valence-corrected chi connectivity index (χ1v) is 5.89. The van der Waals surface area contributed by atoms with Gasteiger partial charge in [-0.1, -0.05) is 37.8 Å². The summed E-state index contributed by atoms with van der Waals surface area (Å²) in [5.41, 5.74) is 3.24. The molecule has 0 aromatic heterocycles. The molecule has 92 valence electrons. The van der Waals surface area contributed by atoms with E-state index in [0.29, 0.717) is 11.1 Å². The van der Waals surface area contributed by atoms with Crippen LogP contribution in [0.25, 0.3) is 5.57 Å². The molecule has 0 bridgehead atoms. The van der Waals surface area contributed by atoms with Gasteiger partial charge in [0.15, 0.2) is 0 Å². The second kappa shape index (κ2) is 5.05. The van der Waals surface area contributed by atoms with E-state index in [-0.39, 0.29) is 11.6 Å². The van der Waals surface area contributed by atoms with Gasteiger partial charge in [0, 0.05) is 5.56 Å². The van der Waals surface area contributed by atoms with Crippen molar-refractivity contribution in [2.75, 3.05) is 0 Å². The van der Waals surface area contributed by atoms with E-state index < -0.39 is 0 Å². The van der Waals surface area contributed by atoms with Crippen LogP contribution >= 0.6 is 0 Å². The summed E-state index contributed by atoms with van der Waals surface area (Å²) in [6.45, 7) is 5.99. The maximum absolute atomic E-state index is 12.9. The summed E-state index contributed by atoms with van der Waals surface area (Å²) >= 11 is 0. The van der Waals surface area contributed by atoms with Crippen LogP contribution in [-0.4, -0.2) is 5.11 Å². The second-order valence-electron chi connectivity index (χ2n) is 4.19. The molecule has 2 rings (SSSR count). The predicted octanol–water partition coefficient (Wildman–Crippen LogP) is 4.16. The molecule has 0 aliphatic rings. The maximum Gasteiger partial charge on any atom is 0.123 e. The largest absolute Gasteiger partial charge is 0.507 e. The molecule has 0 fully saturated rings. The Hall–Kier alpha value is -2.09. The molecule has 0 spiro atoms. The lowest BCUT2D eigenvalue weighted by molar-refractivity contribution is 0.473. The molecule has 0 saturated carbocycles. The number of rotatable bonds is 3. The fraction of sp³-hybridized carbons (Fsp3) is 0.125. The molecular weight excluding hydrogens is 227 g/mol. The lowest BCUT2D eigenvalue weighted by Gasteiger charge is -2.09. The van der Waals surface area contributed by atoms with E-state index in [4.69, 9.17) is 0 Å². The van der Waals surface area contributed by atoms with Gasteiger partial charge in [-0.15, -0.1) is 0 Å². The zero-order valence-electron chi connectivity index (χ0n) is 10.3. The van der Waals surface area contributed by atoms with Crippen molar-refractivity contribution in [1.29, 1.82) is 0 Å². The molecule has 0 aliphatic heterocycles. The Kier molecular flexibility index (Phi) is 3.47. The SMILES string of the molecule is C=C(c1ccc(F)cc1)c1ccc(CC)cc1O. The molecule has 0 atom stereocenters. The molecule has 0 unspecified atom stereocenters. The van der Waals surface area contributed by atoms with Crippen molar-refractivity contribution in [3.05, 3.63) is 71.6 Å². The monoisotopic (exact) mass is 242 g/mol. The summed E-state index contributed by atoms with van der Waals surface area (Å²) in [7, 11) is 0. The van der Waals surface area contributed by atoms with Gasteiger partial charge in [0.25, 0.3) is 0 Å². The Morgan fingerprint density at radius 2 is 1.83 bits per heavy atom. The van der Waals surface area contributed by atoms with Crippen LogP contribution in [0.4, 0.5) is 4.39 Å². The standard InChI is InChI=1S/C16H15FO/c1-3-12-4-9-15(16(18)10-12)11(2)13-5-7-14(17)8-6-13/h4-10,18H,2-3H2,1H3. The zero-order chi connectivity index (χ0) is 13.1. The van der Waals surface area contributed by atoms with E-state index in [1.807, 2.05) is 19.1 Å². The van der Waals surface area contributed by atoms with Crippen LogP contribution in [-0.2, 0) is 6.42 Å². The predicted molar refractivity (Wildman–Crippen MR) is 72.0 cm³/mol. The quantitative estimate of drug-likeness (QED) is 0.857.